The second-order valence-electron chi connectivity index (χ2n) is 2.56. The monoisotopic (exact) mass is 181 g/mol. The van der Waals surface area contributed by atoms with Crippen LogP contribution in [0.2, 0.25) is 0 Å². The Labute approximate surface area is 75.6 Å². The van der Waals surface area contributed by atoms with Crippen LogP contribution in [0.15, 0.2) is 12.1 Å². The van der Waals surface area contributed by atoms with Gasteiger partial charge in [0.15, 0.2) is 11.6 Å². The number of halogens is 2. The van der Waals surface area contributed by atoms with Gasteiger partial charge in [0.05, 0.1) is 12.1 Å². The van der Waals surface area contributed by atoms with Gasteiger partial charge in [0, 0.05) is 0 Å². The maximum atomic E-state index is 13.1. The van der Waals surface area contributed by atoms with Crippen LogP contribution in [0.4, 0.5) is 8.78 Å². The van der Waals surface area contributed by atoms with Gasteiger partial charge < -0.3 is 5.73 Å². The van der Waals surface area contributed by atoms with Crippen LogP contribution in [0, 0.1) is 30.4 Å². The highest BCUT2D eigenvalue weighted by Crippen LogP contribution is 2.14. The Hall–Kier alpha value is -1.40. The molecule has 1 aromatic carbocycles. The first-order valence-corrected chi connectivity index (χ1v) is 3.80. The van der Waals surface area contributed by atoms with Crippen LogP contribution in [-0.2, 0) is 0 Å². The molecule has 0 fully saturated rings. The summed E-state index contributed by atoms with van der Waals surface area (Å²) in [6.07, 6.45) is 0. The molecule has 0 aliphatic heterocycles. The third kappa shape index (κ3) is 2.04. The van der Waals surface area contributed by atoms with E-state index >= 15 is 0 Å². The number of aryl methyl sites for hydroxylation is 1. The lowest BCUT2D eigenvalue weighted by molar-refractivity contribution is 0.501. The van der Waals surface area contributed by atoms with Gasteiger partial charge in [-0.15, -0.1) is 0 Å². The fourth-order valence-corrected chi connectivity index (χ4v) is 0.889. The van der Waals surface area contributed by atoms with Crippen LogP contribution in [0.25, 0.3) is 0 Å². The zero-order chi connectivity index (χ0) is 9.84. The van der Waals surface area contributed by atoms with Crippen molar-refractivity contribution in [3.8, 4) is 11.8 Å². The molecule has 0 amide bonds. The molecular weight excluding hydrogens is 172 g/mol. The van der Waals surface area contributed by atoms with Crippen molar-refractivity contribution >= 4 is 0 Å². The molecule has 0 spiro atoms. The maximum Gasteiger partial charge on any atom is 0.174 e. The summed E-state index contributed by atoms with van der Waals surface area (Å²) < 4.78 is 26.0. The molecule has 0 aliphatic rings. The number of hydrogen-bond acceptors (Lipinski definition) is 1. The van der Waals surface area contributed by atoms with Crippen molar-refractivity contribution in [1.82, 2.24) is 0 Å². The molecule has 0 bridgehead atoms. The Morgan fingerprint density at radius 3 is 2.62 bits per heavy atom. The Morgan fingerprint density at radius 2 is 2.00 bits per heavy atom. The first-order valence-electron chi connectivity index (χ1n) is 3.80. The van der Waals surface area contributed by atoms with E-state index in [1.165, 1.54) is 19.1 Å². The molecule has 1 nitrogen and oxygen atoms in total. The maximum absolute atomic E-state index is 13.1. The topological polar surface area (TPSA) is 26.0 Å². The average Bonchev–Trinajstić information content (AvgIpc) is 2.13. The second-order valence-corrected chi connectivity index (χ2v) is 2.56. The number of rotatable bonds is 0. The second kappa shape index (κ2) is 4.01. The van der Waals surface area contributed by atoms with Crippen molar-refractivity contribution in [3.63, 3.8) is 0 Å². The minimum absolute atomic E-state index is 0.0496. The van der Waals surface area contributed by atoms with Gasteiger partial charge in [-0.25, -0.2) is 8.78 Å². The predicted molar refractivity (Wildman–Crippen MR) is 47.0 cm³/mol. The van der Waals surface area contributed by atoms with Gasteiger partial charge in [-0.1, -0.05) is 17.9 Å². The van der Waals surface area contributed by atoms with Crippen molar-refractivity contribution in [3.05, 3.63) is 34.9 Å². The summed E-state index contributed by atoms with van der Waals surface area (Å²) in [4.78, 5) is 0. The smallest absolute Gasteiger partial charge is 0.174 e. The Kier molecular flexibility index (Phi) is 2.99. The molecule has 0 saturated heterocycles. The highest BCUT2D eigenvalue weighted by molar-refractivity contribution is 5.38. The van der Waals surface area contributed by atoms with E-state index in [1.807, 2.05) is 0 Å². The minimum Gasteiger partial charge on any atom is -0.320 e. The molecular formula is C10H9F2N. The minimum atomic E-state index is -0.902. The highest BCUT2D eigenvalue weighted by Gasteiger charge is 2.08. The Morgan fingerprint density at radius 1 is 1.31 bits per heavy atom. The molecule has 0 atom stereocenters. The molecule has 0 aliphatic carbocycles. The van der Waals surface area contributed by atoms with Crippen molar-refractivity contribution in [2.45, 2.75) is 6.92 Å². The molecule has 68 valence electrons. The number of benzene rings is 1. The van der Waals surface area contributed by atoms with Crippen molar-refractivity contribution < 1.29 is 8.78 Å². The molecule has 1 rings (SSSR count). The molecule has 1 aromatic rings. The van der Waals surface area contributed by atoms with Gasteiger partial charge in [-0.3, -0.25) is 0 Å². The van der Waals surface area contributed by atoms with Crippen molar-refractivity contribution in [2.24, 2.45) is 5.73 Å². The van der Waals surface area contributed by atoms with Gasteiger partial charge in [0.25, 0.3) is 0 Å². The molecule has 0 unspecified atom stereocenters. The van der Waals surface area contributed by atoms with E-state index in [4.69, 9.17) is 5.73 Å². The summed E-state index contributed by atoms with van der Waals surface area (Å²) in [5, 5.41) is 0. The normalized spacial score (nSPS) is 9.23. The molecule has 3 heteroatoms. The Bertz CT molecular complexity index is 374. The lowest BCUT2D eigenvalue weighted by Crippen LogP contribution is -1.96. The standard InChI is InChI=1S/C10H9F2N/c1-7-4-5-8(3-2-6-13)10(12)9(7)11/h4-5H,6,13H2,1H3. The van der Waals surface area contributed by atoms with E-state index in [2.05, 4.69) is 11.8 Å². The molecule has 0 radical (unpaired) electrons. The van der Waals surface area contributed by atoms with Crippen LogP contribution >= 0.6 is 0 Å². The summed E-state index contributed by atoms with van der Waals surface area (Å²) in [6, 6.07) is 2.93. The largest absolute Gasteiger partial charge is 0.320 e. The predicted octanol–water partition coefficient (Wildman–Crippen LogP) is 1.58. The SMILES string of the molecule is Cc1ccc(C#CCN)c(F)c1F. The van der Waals surface area contributed by atoms with E-state index in [1.54, 1.807) is 0 Å². The fraction of sp³-hybridized carbons (Fsp3) is 0.200. The van der Waals surface area contributed by atoms with Gasteiger partial charge in [-0.05, 0) is 18.6 Å². The van der Waals surface area contributed by atoms with Gasteiger partial charge >= 0.3 is 0 Å². The third-order valence-corrected chi connectivity index (χ3v) is 1.60. The van der Waals surface area contributed by atoms with Crippen LogP contribution in [0.3, 0.4) is 0 Å². The summed E-state index contributed by atoms with van der Waals surface area (Å²) in [5.41, 5.74) is 5.43. The summed E-state index contributed by atoms with van der Waals surface area (Å²) in [7, 11) is 0. The van der Waals surface area contributed by atoms with Gasteiger partial charge in [-0.2, -0.15) is 0 Å². The van der Waals surface area contributed by atoms with E-state index in [-0.39, 0.29) is 17.7 Å². The highest BCUT2D eigenvalue weighted by atomic mass is 19.2. The van der Waals surface area contributed by atoms with Crippen LogP contribution < -0.4 is 5.73 Å². The molecule has 2 N–H and O–H groups in total. The fourth-order valence-electron chi connectivity index (χ4n) is 0.889. The summed E-state index contributed by atoms with van der Waals surface area (Å²) in [5.74, 6) is 3.17. The third-order valence-electron chi connectivity index (χ3n) is 1.60. The van der Waals surface area contributed by atoms with Crippen LogP contribution in [0.5, 0.6) is 0 Å². The first-order chi connectivity index (χ1) is 6.16. The van der Waals surface area contributed by atoms with Gasteiger partial charge in [0.1, 0.15) is 0 Å². The summed E-state index contributed by atoms with van der Waals surface area (Å²) >= 11 is 0. The van der Waals surface area contributed by atoms with Gasteiger partial charge in [0.2, 0.25) is 0 Å². The average molecular weight is 181 g/mol. The van der Waals surface area contributed by atoms with Crippen LogP contribution in [0.1, 0.15) is 11.1 Å². The molecule has 0 saturated carbocycles. The lowest BCUT2D eigenvalue weighted by atomic mass is 10.1. The number of hydrogen-bond donors (Lipinski definition) is 1. The van der Waals surface area contributed by atoms with E-state index in [9.17, 15) is 8.78 Å². The number of nitrogens with two attached hydrogens (primary N) is 1. The van der Waals surface area contributed by atoms with Crippen LogP contribution in [-0.4, -0.2) is 6.54 Å². The zero-order valence-electron chi connectivity index (χ0n) is 7.20. The van der Waals surface area contributed by atoms with Crippen molar-refractivity contribution in [1.29, 1.82) is 0 Å². The molecule has 0 aromatic heterocycles. The molecule has 13 heavy (non-hydrogen) atoms. The summed E-state index contributed by atoms with van der Waals surface area (Å²) in [6.45, 7) is 1.63. The van der Waals surface area contributed by atoms with E-state index in [0.29, 0.717) is 0 Å². The quantitative estimate of drug-likeness (QED) is 0.604. The first kappa shape index (κ1) is 9.69. The van der Waals surface area contributed by atoms with E-state index in [0.717, 1.165) is 0 Å². The zero-order valence-corrected chi connectivity index (χ0v) is 7.20. The van der Waals surface area contributed by atoms with E-state index < -0.39 is 11.6 Å². The Balaban J connectivity index is 3.18. The van der Waals surface area contributed by atoms with Crippen molar-refractivity contribution in [2.75, 3.05) is 6.54 Å². The molecule has 0 heterocycles. The lowest BCUT2D eigenvalue weighted by Gasteiger charge is -1.99.